The normalized spacial score (nSPS) is 10.6. The van der Waals surface area contributed by atoms with Gasteiger partial charge in [-0.3, -0.25) is 9.88 Å². The lowest BCUT2D eigenvalue weighted by Gasteiger charge is -2.09. The average molecular weight is 312 g/mol. The van der Waals surface area contributed by atoms with Crippen molar-refractivity contribution in [3.63, 3.8) is 0 Å². The van der Waals surface area contributed by atoms with Crippen molar-refractivity contribution in [3.05, 3.63) is 69.1 Å². The summed E-state index contributed by atoms with van der Waals surface area (Å²) < 4.78 is 6.07. The standard InChI is InChI=1S/C15H12N4O4/c16-14(21)18-12-7-9(5-6-17-12)8-19-11-4-2-1-3-10(11)13(20)23-15(19)22/h1-7H,8H2,(H3,16,17,18,21). The maximum Gasteiger partial charge on any atom is 0.422 e. The Morgan fingerprint density at radius 2 is 2.04 bits per heavy atom. The molecule has 0 spiro atoms. The lowest BCUT2D eigenvalue weighted by molar-refractivity contribution is 0.259. The topological polar surface area (TPSA) is 120 Å². The number of para-hydroxylation sites is 1. The zero-order valence-electron chi connectivity index (χ0n) is 11.9. The molecule has 8 heteroatoms. The average Bonchev–Trinajstić information content (AvgIpc) is 2.51. The van der Waals surface area contributed by atoms with Gasteiger partial charge >= 0.3 is 17.4 Å². The van der Waals surface area contributed by atoms with E-state index in [1.54, 1.807) is 36.4 Å². The molecule has 0 saturated carbocycles. The van der Waals surface area contributed by atoms with Crippen LogP contribution in [0.1, 0.15) is 5.56 Å². The predicted octanol–water partition coefficient (Wildman–Crippen LogP) is 0.889. The number of hydrogen-bond acceptors (Lipinski definition) is 5. The summed E-state index contributed by atoms with van der Waals surface area (Å²) in [6, 6.07) is 9.19. The zero-order chi connectivity index (χ0) is 16.4. The summed E-state index contributed by atoms with van der Waals surface area (Å²) in [5.41, 5.74) is 5.53. The highest BCUT2D eigenvalue weighted by Gasteiger charge is 2.10. The number of carbonyl (C=O) groups excluding carboxylic acids is 1. The van der Waals surface area contributed by atoms with Crippen molar-refractivity contribution in [2.24, 2.45) is 5.73 Å². The number of primary amides is 1. The van der Waals surface area contributed by atoms with Gasteiger partial charge in [0.25, 0.3) is 0 Å². The first kappa shape index (κ1) is 14.5. The molecule has 0 saturated heterocycles. The van der Waals surface area contributed by atoms with Gasteiger partial charge < -0.3 is 10.2 Å². The highest BCUT2D eigenvalue weighted by atomic mass is 16.4. The zero-order valence-corrected chi connectivity index (χ0v) is 11.9. The van der Waals surface area contributed by atoms with Gasteiger partial charge in [0.2, 0.25) is 0 Å². The van der Waals surface area contributed by atoms with Gasteiger partial charge in [0.15, 0.2) is 0 Å². The van der Waals surface area contributed by atoms with Crippen molar-refractivity contribution >= 4 is 22.8 Å². The molecular weight excluding hydrogens is 300 g/mol. The molecule has 2 heterocycles. The van der Waals surface area contributed by atoms with E-state index in [4.69, 9.17) is 10.2 Å². The van der Waals surface area contributed by atoms with E-state index in [1.165, 1.54) is 10.8 Å². The number of benzene rings is 1. The van der Waals surface area contributed by atoms with E-state index < -0.39 is 17.4 Å². The molecule has 0 aliphatic rings. The molecule has 0 fully saturated rings. The van der Waals surface area contributed by atoms with Crippen LogP contribution in [0.2, 0.25) is 0 Å². The van der Waals surface area contributed by atoms with Gasteiger partial charge in [-0.15, -0.1) is 0 Å². The van der Waals surface area contributed by atoms with Crippen molar-refractivity contribution in [2.45, 2.75) is 6.54 Å². The van der Waals surface area contributed by atoms with E-state index in [0.717, 1.165) is 0 Å². The lowest BCUT2D eigenvalue weighted by Crippen LogP contribution is -2.25. The minimum absolute atomic E-state index is 0.152. The molecular formula is C15H12N4O4. The lowest BCUT2D eigenvalue weighted by atomic mass is 10.2. The van der Waals surface area contributed by atoms with Gasteiger partial charge in [0.1, 0.15) is 5.82 Å². The summed E-state index contributed by atoms with van der Waals surface area (Å²) in [4.78, 5) is 38.6. The SMILES string of the molecule is NC(=O)Nc1cc(Cn2c(=O)oc(=O)c3ccccc32)ccn1. The third-order valence-electron chi connectivity index (χ3n) is 3.23. The molecule has 2 aromatic heterocycles. The monoisotopic (exact) mass is 312 g/mol. The van der Waals surface area contributed by atoms with Gasteiger partial charge in [-0.2, -0.15) is 0 Å². The van der Waals surface area contributed by atoms with E-state index in [9.17, 15) is 14.4 Å². The number of rotatable bonds is 3. The Labute approximate surface area is 129 Å². The fourth-order valence-electron chi connectivity index (χ4n) is 2.27. The first-order chi connectivity index (χ1) is 11.0. The number of carbonyl (C=O) groups is 1. The van der Waals surface area contributed by atoms with Crippen molar-refractivity contribution in [1.82, 2.24) is 9.55 Å². The van der Waals surface area contributed by atoms with Crippen LogP contribution in [0.4, 0.5) is 10.6 Å². The molecule has 116 valence electrons. The van der Waals surface area contributed by atoms with Crippen molar-refractivity contribution < 1.29 is 9.21 Å². The van der Waals surface area contributed by atoms with E-state index in [1.807, 2.05) is 0 Å². The van der Waals surface area contributed by atoms with Crippen LogP contribution in [0.15, 0.2) is 56.6 Å². The summed E-state index contributed by atoms with van der Waals surface area (Å²) in [6.45, 7) is 0.152. The quantitative estimate of drug-likeness (QED) is 0.744. The number of aromatic nitrogens is 2. The van der Waals surface area contributed by atoms with Crippen LogP contribution in [-0.4, -0.2) is 15.6 Å². The summed E-state index contributed by atoms with van der Waals surface area (Å²) in [6.07, 6.45) is 1.48. The van der Waals surface area contributed by atoms with Crippen molar-refractivity contribution in [1.29, 1.82) is 0 Å². The first-order valence-corrected chi connectivity index (χ1v) is 6.68. The largest absolute Gasteiger partial charge is 0.422 e. The molecule has 1 aromatic carbocycles. The highest BCUT2D eigenvalue weighted by molar-refractivity contribution is 5.86. The van der Waals surface area contributed by atoms with Crippen LogP contribution in [0.3, 0.4) is 0 Å². The Morgan fingerprint density at radius 1 is 1.26 bits per heavy atom. The van der Waals surface area contributed by atoms with Crippen LogP contribution < -0.4 is 22.4 Å². The summed E-state index contributed by atoms with van der Waals surface area (Å²) in [7, 11) is 0. The predicted molar refractivity (Wildman–Crippen MR) is 83.3 cm³/mol. The molecule has 0 aliphatic heterocycles. The molecule has 3 aromatic rings. The first-order valence-electron chi connectivity index (χ1n) is 6.68. The number of nitrogens with one attached hydrogen (secondary N) is 1. The Bertz CT molecular complexity index is 1010. The molecule has 0 atom stereocenters. The Morgan fingerprint density at radius 3 is 2.83 bits per heavy atom. The maximum atomic E-state index is 12.0. The fraction of sp³-hybridized carbons (Fsp3) is 0.0667. The third kappa shape index (κ3) is 2.95. The van der Waals surface area contributed by atoms with Gasteiger partial charge in [0.05, 0.1) is 17.4 Å². The van der Waals surface area contributed by atoms with Crippen LogP contribution in [-0.2, 0) is 6.54 Å². The number of pyridine rings is 1. The van der Waals surface area contributed by atoms with Gasteiger partial charge in [-0.1, -0.05) is 12.1 Å². The Hall–Kier alpha value is -3.42. The van der Waals surface area contributed by atoms with Crippen molar-refractivity contribution in [3.8, 4) is 0 Å². The number of anilines is 1. The molecule has 3 rings (SSSR count). The number of amides is 2. The van der Waals surface area contributed by atoms with E-state index in [0.29, 0.717) is 16.5 Å². The maximum absolute atomic E-state index is 12.0. The molecule has 23 heavy (non-hydrogen) atoms. The molecule has 0 radical (unpaired) electrons. The highest BCUT2D eigenvalue weighted by Crippen LogP contribution is 2.12. The molecule has 0 unspecified atom stereocenters. The third-order valence-corrected chi connectivity index (χ3v) is 3.23. The number of urea groups is 1. The second kappa shape index (κ2) is 5.76. The van der Waals surface area contributed by atoms with Crippen LogP contribution in [0.25, 0.3) is 10.9 Å². The van der Waals surface area contributed by atoms with Crippen LogP contribution >= 0.6 is 0 Å². The molecule has 8 nitrogen and oxygen atoms in total. The van der Waals surface area contributed by atoms with Gasteiger partial charge in [0, 0.05) is 6.20 Å². The second-order valence-corrected chi connectivity index (χ2v) is 4.80. The van der Waals surface area contributed by atoms with Crippen molar-refractivity contribution in [2.75, 3.05) is 5.32 Å². The Balaban J connectivity index is 2.07. The van der Waals surface area contributed by atoms with Gasteiger partial charge in [-0.05, 0) is 29.8 Å². The fourth-order valence-corrected chi connectivity index (χ4v) is 2.27. The summed E-state index contributed by atoms with van der Waals surface area (Å²) in [5, 5.41) is 2.68. The minimum Gasteiger partial charge on any atom is -0.372 e. The Kier molecular flexibility index (Phi) is 3.63. The number of hydrogen-bond donors (Lipinski definition) is 2. The number of fused-ring (bicyclic) bond motifs is 1. The second-order valence-electron chi connectivity index (χ2n) is 4.80. The van der Waals surface area contributed by atoms with E-state index in [-0.39, 0.29) is 12.4 Å². The van der Waals surface area contributed by atoms with Gasteiger partial charge in [-0.25, -0.2) is 19.4 Å². The van der Waals surface area contributed by atoms with E-state index >= 15 is 0 Å². The molecule has 2 amide bonds. The summed E-state index contributed by atoms with van der Waals surface area (Å²) >= 11 is 0. The van der Waals surface area contributed by atoms with Crippen LogP contribution in [0.5, 0.6) is 0 Å². The summed E-state index contributed by atoms with van der Waals surface area (Å²) in [5.74, 6) is -0.486. The molecule has 0 bridgehead atoms. The number of nitrogens with two attached hydrogens (primary N) is 1. The molecule has 0 aliphatic carbocycles. The molecule has 3 N–H and O–H groups in total. The number of nitrogens with zero attached hydrogens (tertiary/aromatic N) is 2. The minimum atomic E-state index is -0.755. The smallest absolute Gasteiger partial charge is 0.372 e. The van der Waals surface area contributed by atoms with Crippen LogP contribution in [0, 0.1) is 0 Å². The van der Waals surface area contributed by atoms with E-state index in [2.05, 4.69) is 10.3 Å².